The summed E-state index contributed by atoms with van der Waals surface area (Å²) in [6.07, 6.45) is 2.00. The monoisotopic (exact) mass is 522 g/mol. The van der Waals surface area contributed by atoms with E-state index >= 15 is 0 Å². The molecule has 0 saturated carbocycles. The SMILES string of the molecule is COc1ccc(OC)c(NC(=O)C2c3cc(OC)c(OC)cc3C(=O)N(C)C2c2ccc(SC)cc2)c1. The first kappa shape index (κ1) is 26.2. The van der Waals surface area contributed by atoms with E-state index < -0.39 is 12.0 Å². The maximum absolute atomic E-state index is 14.1. The number of hydrogen-bond acceptors (Lipinski definition) is 7. The highest BCUT2D eigenvalue weighted by atomic mass is 32.2. The minimum Gasteiger partial charge on any atom is -0.497 e. The van der Waals surface area contributed by atoms with Crippen LogP contribution in [0.2, 0.25) is 0 Å². The number of carbonyl (C=O) groups is 2. The van der Waals surface area contributed by atoms with Crippen LogP contribution in [-0.4, -0.2) is 58.5 Å². The minimum atomic E-state index is -0.756. The van der Waals surface area contributed by atoms with Gasteiger partial charge in [-0.2, -0.15) is 0 Å². The number of rotatable bonds is 8. The van der Waals surface area contributed by atoms with Gasteiger partial charge in [-0.25, -0.2) is 0 Å². The molecule has 9 heteroatoms. The molecule has 0 saturated heterocycles. The predicted octanol–water partition coefficient (Wildman–Crippen LogP) is 4.99. The van der Waals surface area contributed by atoms with Crippen LogP contribution in [0.25, 0.3) is 0 Å². The lowest BCUT2D eigenvalue weighted by Gasteiger charge is -2.40. The van der Waals surface area contributed by atoms with Gasteiger partial charge in [0.1, 0.15) is 11.5 Å². The van der Waals surface area contributed by atoms with Gasteiger partial charge >= 0.3 is 0 Å². The summed E-state index contributed by atoms with van der Waals surface area (Å²) in [5, 5.41) is 3.01. The molecule has 0 aromatic heterocycles. The Bertz CT molecular complexity index is 1310. The number of hydrogen-bond donors (Lipinski definition) is 1. The third-order valence-electron chi connectivity index (χ3n) is 6.58. The number of nitrogens with zero attached hydrogens (tertiary/aromatic N) is 1. The van der Waals surface area contributed by atoms with Crippen LogP contribution in [0.15, 0.2) is 59.5 Å². The van der Waals surface area contributed by atoms with Crippen molar-refractivity contribution in [2.75, 3.05) is 47.1 Å². The van der Waals surface area contributed by atoms with Gasteiger partial charge < -0.3 is 29.2 Å². The first-order chi connectivity index (χ1) is 17.9. The van der Waals surface area contributed by atoms with Crippen molar-refractivity contribution in [3.8, 4) is 23.0 Å². The molecule has 4 rings (SSSR count). The van der Waals surface area contributed by atoms with Gasteiger partial charge in [-0.3, -0.25) is 9.59 Å². The molecule has 1 heterocycles. The highest BCUT2D eigenvalue weighted by Crippen LogP contribution is 2.46. The van der Waals surface area contributed by atoms with Crippen molar-refractivity contribution < 1.29 is 28.5 Å². The van der Waals surface area contributed by atoms with Crippen molar-refractivity contribution in [1.82, 2.24) is 4.90 Å². The third-order valence-corrected chi connectivity index (χ3v) is 7.32. The second-order valence-electron chi connectivity index (χ2n) is 8.46. The maximum atomic E-state index is 14.1. The van der Waals surface area contributed by atoms with Gasteiger partial charge in [0.15, 0.2) is 11.5 Å². The molecule has 3 aromatic carbocycles. The number of amides is 2. The third kappa shape index (κ3) is 4.91. The molecule has 0 radical (unpaired) electrons. The number of nitrogens with one attached hydrogen (secondary N) is 1. The summed E-state index contributed by atoms with van der Waals surface area (Å²) in [6, 6.07) is 15.9. The van der Waals surface area contributed by atoms with E-state index in [4.69, 9.17) is 18.9 Å². The van der Waals surface area contributed by atoms with Gasteiger partial charge in [-0.05, 0) is 53.8 Å². The summed E-state index contributed by atoms with van der Waals surface area (Å²) in [4.78, 5) is 30.3. The Labute approximate surface area is 220 Å². The van der Waals surface area contributed by atoms with Crippen molar-refractivity contribution in [2.24, 2.45) is 0 Å². The van der Waals surface area contributed by atoms with Crippen molar-refractivity contribution in [3.05, 3.63) is 71.3 Å². The van der Waals surface area contributed by atoms with Crippen LogP contribution < -0.4 is 24.3 Å². The van der Waals surface area contributed by atoms with Crippen LogP contribution in [-0.2, 0) is 4.79 Å². The van der Waals surface area contributed by atoms with E-state index in [2.05, 4.69) is 5.32 Å². The average Bonchev–Trinajstić information content (AvgIpc) is 2.93. The Hall–Kier alpha value is -3.85. The lowest BCUT2D eigenvalue weighted by atomic mass is 9.79. The summed E-state index contributed by atoms with van der Waals surface area (Å²) >= 11 is 1.62. The second kappa shape index (κ2) is 11.0. The van der Waals surface area contributed by atoms with Crippen LogP contribution in [0.5, 0.6) is 23.0 Å². The van der Waals surface area contributed by atoms with Crippen LogP contribution in [0.1, 0.15) is 33.4 Å². The number of fused-ring (bicyclic) bond motifs is 1. The van der Waals surface area contributed by atoms with Gasteiger partial charge in [-0.15, -0.1) is 11.8 Å². The molecular weight excluding hydrogens is 492 g/mol. The normalized spacial score (nSPS) is 16.6. The highest BCUT2D eigenvalue weighted by Gasteiger charge is 2.43. The fraction of sp³-hybridized carbons (Fsp3) is 0.286. The Balaban J connectivity index is 1.88. The number of likely N-dealkylation sites (N-methyl/N-ethyl adjacent to an activating group) is 1. The molecule has 0 aliphatic carbocycles. The maximum Gasteiger partial charge on any atom is 0.254 e. The van der Waals surface area contributed by atoms with Gasteiger partial charge in [0.05, 0.1) is 46.1 Å². The molecule has 0 fully saturated rings. The van der Waals surface area contributed by atoms with E-state index in [9.17, 15) is 9.59 Å². The molecular formula is C28H30N2O6S. The molecule has 1 N–H and O–H groups in total. The fourth-order valence-corrected chi connectivity index (χ4v) is 5.08. The molecule has 0 spiro atoms. The molecule has 2 unspecified atom stereocenters. The van der Waals surface area contributed by atoms with Crippen molar-refractivity contribution in [2.45, 2.75) is 16.9 Å². The molecule has 1 aliphatic heterocycles. The number of methoxy groups -OCH3 is 4. The second-order valence-corrected chi connectivity index (χ2v) is 9.34. The molecule has 194 valence electrons. The smallest absolute Gasteiger partial charge is 0.254 e. The molecule has 2 amide bonds. The standard InChI is InChI=1S/C28H30N2O6S/c1-30-26(16-7-10-18(37-6)11-8-16)25(19-14-23(35-4)24(36-5)15-20(19)28(30)32)27(31)29-21-13-17(33-2)9-12-22(21)34-3/h7-15,25-26H,1-6H3,(H,29,31). The predicted molar refractivity (Wildman–Crippen MR) is 144 cm³/mol. The first-order valence-electron chi connectivity index (χ1n) is 11.6. The zero-order chi connectivity index (χ0) is 26.7. The average molecular weight is 523 g/mol. The minimum absolute atomic E-state index is 0.210. The largest absolute Gasteiger partial charge is 0.497 e. The van der Waals surface area contributed by atoms with Gasteiger partial charge in [0, 0.05) is 23.6 Å². The van der Waals surface area contributed by atoms with E-state index in [-0.39, 0.29) is 11.8 Å². The van der Waals surface area contributed by atoms with E-state index in [1.54, 1.807) is 61.2 Å². The highest BCUT2D eigenvalue weighted by molar-refractivity contribution is 7.98. The summed E-state index contributed by atoms with van der Waals surface area (Å²) in [6.45, 7) is 0. The summed E-state index contributed by atoms with van der Waals surface area (Å²) < 4.78 is 21.8. The quantitative estimate of drug-likeness (QED) is 0.417. The molecule has 2 atom stereocenters. The zero-order valence-electron chi connectivity index (χ0n) is 21.7. The van der Waals surface area contributed by atoms with E-state index in [0.29, 0.717) is 39.8 Å². The number of ether oxygens (including phenoxy) is 4. The van der Waals surface area contributed by atoms with Crippen LogP contribution in [0.3, 0.4) is 0 Å². The number of carbonyl (C=O) groups excluding carboxylic acids is 2. The molecule has 37 heavy (non-hydrogen) atoms. The summed E-state index contributed by atoms with van der Waals surface area (Å²) in [5.41, 5.74) is 2.24. The Morgan fingerprint density at radius 3 is 2.11 bits per heavy atom. The Kier molecular flexibility index (Phi) is 7.83. The summed E-state index contributed by atoms with van der Waals surface area (Å²) in [5.74, 6) is 0.641. The van der Waals surface area contributed by atoms with Gasteiger partial charge in [0.25, 0.3) is 5.91 Å². The number of anilines is 1. The van der Waals surface area contributed by atoms with Crippen molar-refractivity contribution in [3.63, 3.8) is 0 Å². The Morgan fingerprint density at radius 2 is 1.51 bits per heavy atom. The van der Waals surface area contributed by atoms with E-state index in [0.717, 1.165) is 10.5 Å². The molecule has 0 bridgehead atoms. The van der Waals surface area contributed by atoms with Crippen LogP contribution in [0.4, 0.5) is 5.69 Å². The van der Waals surface area contributed by atoms with Crippen molar-refractivity contribution in [1.29, 1.82) is 0 Å². The topological polar surface area (TPSA) is 86.3 Å². The van der Waals surface area contributed by atoms with Crippen LogP contribution >= 0.6 is 11.8 Å². The molecule has 3 aromatic rings. The van der Waals surface area contributed by atoms with Gasteiger partial charge in [0.2, 0.25) is 5.91 Å². The molecule has 1 aliphatic rings. The first-order valence-corrected chi connectivity index (χ1v) is 12.8. The van der Waals surface area contributed by atoms with E-state index in [1.165, 1.54) is 21.3 Å². The number of thioether (sulfide) groups is 1. The molecule has 8 nitrogen and oxygen atoms in total. The fourth-order valence-electron chi connectivity index (χ4n) is 4.67. The van der Waals surface area contributed by atoms with Crippen molar-refractivity contribution >= 4 is 29.3 Å². The lowest BCUT2D eigenvalue weighted by Crippen LogP contribution is -2.44. The van der Waals surface area contributed by atoms with Crippen LogP contribution in [0, 0.1) is 0 Å². The van der Waals surface area contributed by atoms with Gasteiger partial charge in [-0.1, -0.05) is 12.1 Å². The summed E-state index contributed by atoms with van der Waals surface area (Å²) in [7, 11) is 7.83. The van der Waals surface area contributed by atoms with E-state index in [1.807, 2.05) is 30.5 Å². The Morgan fingerprint density at radius 1 is 0.865 bits per heavy atom. The number of benzene rings is 3. The lowest BCUT2D eigenvalue weighted by molar-refractivity contribution is -0.119. The zero-order valence-corrected chi connectivity index (χ0v) is 22.5.